The van der Waals surface area contributed by atoms with E-state index in [1.807, 2.05) is 73.7 Å². The van der Waals surface area contributed by atoms with Crippen molar-refractivity contribution < 1.29 is 225 Å². The Kier molecular flexibility index (Phi) is 43.4. The van der Waals surface area contributed by atoms with Crippen molar-refractivity contribution in [3.63, 3.8) is 0 Å². The van der Waals surface area contributed by atoms with E-state index in [9.17, 15) is 92.7 Å². The number of aromatic nitrogens is 6. The minimum absolute atomic E-state index is 0. The molecule has 0 saturated heterocycles. The molecule has 0 unspecified atom stereocenters. The number of carbonyl (C=O) groups excluding carboxylic acids is 4. The summed E-state index contributed by atoms with van der Waals surface area (Å²) in [6, 6.07) is 80.1. The number of hydrogen-bond donors (Lipinski definition) is 2. The van der Waals surface area contributed by atoms with Gasteiger partial charge in [0.25, 0.3) is 16.7 Å². The summed E-state index contributed by atoms with van der Waals surface area (Å²) in [6.07, 6.45) is 1.05. The zero-order valence-electron chi connectivity index (χ0n) is 74.8. The van der Waals surface area contributed by atoms with Crippen molar-refractivity contribution in [3.05, 3.63) is 425 Å². The Labute approximate surface area is 906 Å². The van der Waals surface area contributed by atoms with Crippen LogP contribution < -0.4 is 155 Å². The third-order valence-electron chi connectivity index (χ3n) is 20.9. The number of benzene rings is 14. The number of rotatable bonds is 28. The van der Waals surface area contributed by atoms with Crippen LogP contribution in [-0.4, -0.2) is 83.9 Å². The monoisotopic (exact) mass is 2030 g/mol. The Hall–Kier alpha value is -11.4. The molecule has 142 heavy (non-hydrogen) atoms. The van der Waals surface area contributed by atoms with Gasteiger partial charge in [-0.15, -0.1) is 0 Å². The summed E-state index contributed by atoms with van der Waals surface area (Å²) in [7, 11) is -10.3. The summed E-state index contributed by atoms with van der Waals surface area (Å²) in [5.74, 6) is -3.58. The number of aryl methyl sites for hydroxylation is 4. The number of fused-ring (bicyclic) bond motifs is 3. The molecule has 0 aliphatic heterocycles. The first kappa shape index (κ1) is 116. The second-order valence-corrected chi connectivity index (χ2v) is 33.6. The number of ketones is 4. The number of nitrogens with zero attached hydrogens (tertiary/aromatic N) is 5. The largest absolute Gasteiger partial charge is 1.00 e. The van der Waals surface area contributed by atoms with Crippen molar-refractivity contribution in [3.8, 4) is 62.5 Å². The van der Waals surface area contributed by atoms with Crippen LogP contribution in [0.15, 0.2) is 349 Å². The number of nitrogens with one attached hydrogen (secondary N) is 1. The van der Waals surface area contributed by atoms with Gasteiger partial charge in [-0.05, 0) is 255 Å². The van der Waals surface area contributed by atoms with Gasteiger partial charge in [0.1, 0.15) is 72.3 Å². The molecule has 17 rings (SSSR count). The number of halogens is 4. The first-order valence-corrected chi connectivity index (χ1v) is 45.0. The molecule has 0 saturated carbocycles. The van der Waals surface area contributed by atoms with Crippen molar-refractivity contribution in [2.24, 2.45) is 0 Å². The van der Waals surface area contributed by atoms with E-state index >= 15 is 0 Å². The molecule has 702 valence electrons. The van der Waals surface area contributed by atoms with E-state index in [0.29, 0.717) is 125 Å². The molecular weight excluding hydrogens is 1960 g/mol. The molecule has 0 aliphatic rings. The number of H-pyrrole nitrogens is 1. The molecule has 14 aromatic carbocycles. The Morgan fingerprint density at radius 2 is 0.761 bits per heavy atom. The number of carbonyl (C=O) groups is 4. The van der Waals surface area contributed by atoms with E-state index in [1.165, 1.54) is 82.2 Å². The van der Waals surface area contributed by atoms with Gasteiger partial charge >= 0.3 is 118 Å². The van der Waals surface area contributed by atoms with Crippen LogP contribution in [0.2, 0.25) is 0 Å². The minimum Gasteiger partial charge on any atom is -0.744 e. The molecule has 3 aromatic heterocycles. The third-order valence-corrected chi connectivity index (χ3v) is 23.9. The standard InChI is InChI=1S/C60H46N4O12S2.C14H10N2O2.C13H8F2O7S2.C13H8F2O.2CH4.4Na/c1-3-37-13-15-41(16-14-37)57(65)42-23-30-46(31-24-42)73-45-26-19-40(20-27-45)56-49-10-6-8-12-51(49)60(68)64(62-56)34-33-38-17-18-43(35-53(38)77-76-75-69)58(66)44-25-32-52(54(36-44)78(70,71)72)74-47-28-21-39(22-29-47)55-48-9-5-7-11-50(48)59(67)63(4-2)61-55;17-10-7-5-9(6-8-10)13-11-3-1-2-4-12(11)14(18)16-15-13;14-9-3-1-7(5-11(9)23-22-21-17)13(16)8-2-4-10(15)12(6-8)24(18,19)20;14-11-5-1-9(2-6-11)13(16)10-3-7-12(15)8-4-10;;;;;;/h5-32,35-36,69H,3-4,33-34H2,1-2H3,(H,70,71,72);1-8,17H,(H,16,18);1-6,17H,(H,18,19,20);1-8H;2*1H4;;;;/q;;;;;;4*+1/p-4. The van der Waals surface area contributed by atoms with Gasteiger partial charge in [-0.25, -0.2) is 48.9 Å². The van der Waals surface area contributed by atoms with Crippen LogP contribution in [0.5, 0.6) is 28.7 Å². The van der Waals surface area contributed by atoms with Crippen molar-refractivity contribution in [1.82, 2.24) is 29.8 Å². The summed E-state index contributed by atoms with van der Waals surface area (Å²) in [5, 5.41) is 56.3. The van der Waals surface area contributed by atoms with E-state index in [0.717, 1.165) is 53.3 Å². The fourth-order valence-corrected chi connectivity index (χ4v) is 16.2. The Bertz CT molecular complexity index is 7790. The fourth-order valence-electron chi connectivity index (χ4n) is 14.1. The molecule has 2 N–H and O–H groups in total. The number of hydrogen-bond acceptors (Lipinski definition) is 27. The van der Waals surface area contributed by atoms with Crippen LogP contribution >= 0.6 is 24.1 Å². The molecule has 0 bridgehead atoms. The van der Waals surface area contributed by atoms with Crippen LogP contribution in [0, 0.1) is 23.3 Å². The molecule has 28 nitrogen and oxygen atoms in total. The van der Waals surface area contributed by atoms with Crippen LogP contribution in [0.25, 0.3) is 66.1 Å². The molecule has 40 heteroatoms. The van der Waals surface area contributed by atoms with Gasteiger partial charge in [0, 0.05) is 95.3 Å². The van der Waals surface area contributed by atoms with Crippen LogP contribution in [-0.2, 0) is 64.9 Å². The Morgan fingerprint density at radius 3 is 1.23 bits per heavy atom. The molecule has 3 heterocycles. The van der Waals surface area contributed by atoms with Crippen LogP contribution in [0.4, 0.5) is 17.6 Å². The predicted octanol–water partition coefficient (Wildman–Crippen LogP) is 6.56. The van der Waals surface area contributed by atoms with Crippen LogP contribution in [0.1, 0.15) is 104 Å². The molecule has 17 aromatic rings. The molecule has 0 spiro atoms. The molecule has 0 fully saturated rings. The van der Waals surface area contributed by atoms with Crippen molar-refractivity contribution >= 4 is 99.8 Å². The van der Waals surface area contributed by atoms with E-state index in [-0.39, 0.29) is 236 Å². The van der Waals surface area contributed by atoms with E-state index in [2.05, 4.69) is 41.0 Å². The van der Waals surface area contributed by atoms with E-state index in [4.69, 9.17) is 14.6 Å². The number of aromatic hydroxyl groups is 1. The molecule has 0 atom stereocenters. The van der Waals surface area contributed by atoms with Gasteiger partial charge in [0.05, 0.1) is 72.0 Å². The predicted molar refractivity (Wildman–Crippen MR) is 502 cm³/mol. The maximum absolute atomic E-state index is 14.0. The summed E-state index contributed by atoms with van der Waals surface area (Å²) in [4.78, 5) is 87.7. The third kappa shape index (κ3) is 28.8. The number of aromatic amines is 1. The van der Waals surface area contributed by atoms with Gasteiger partial charge in [-0.1, -0.05) is 113 Å². The SMILES string of the molecule is C.C.CCc1ccc(C(=O)c2ccc(Oc3ccc(-c4nn(CCc5ccc(C(=O)c6ccc(Oc7ccc(-c8nn(CC)c(=O)c9ccccc89)cc7)c(S(=O)(=O)[O-])c6)cc5SOO[O-])c(=O)c5ccccc45)cc3)cc2)cc1.O=C(c1ccc(F)c(SOO[O-])c1)c1ccc(F)c(S(=O)(=O)[O-])c1.O=C(c1ccc(F)cc1)c1ccc(F)cc1.O=c1[nH]nc(-c2ccc(O)cc2)c2ccccc12.[Na+].[Na+].[Na+].[Na+]. The summed E-state index contributed by atoms with van der Waals surface area (Å²) < 4.78 is 146. The van der Waals surface area contributed by atoms with Crippen LogP contribution in [0.3, 0.4) is 0 Å². The second kappa shape index (κ2) is 53.2. The first-order chi connectivity index (χ1) is 65.4. The van der Waals surface area contributed by atoms with Crippen molar-refractivity contribution in [1.29, 1.82) is 0 Å². The molecule has 0 aliphatic carbocycles. The van der Waals surface area contributed by atoms with Gasteiger partial charge in [-0.3, -0.25) is 43.6 Å². The van der Waals surface area contributed by atoms with E-state index < -0.39 is 64.9 Å². The molecule has 0 amide bonds. The number of phenols is 1. The summed E-state index contributed by atoms with van der Waals surface area (Å²) >= 11 is 0.742. The summed E-state index contributed by atoms with van der Waals surface area (Å²) in [6.45, 7) is 4.28. The molecular formula is C102H76F4N6Na4O22S4. The zero-order valence-corrected chi connectivity index (χ0v) is 86.0. The maximum Gasteiger partial charge on any atom is 1.00 e. The van der Waals surface area contributed by atoms with E-state index in [1.54, 1.807) is 133 Å². The maximum atomic E-state index is 14.0. The topological polar surface area (TPSA) is 420 Å². The normalized spacial score (nSPS) is 10.7. The summed E-state index contributed by atoms with van der Waals surface area (Å²) in [5.41, 5.74) is 6.26. The zero-order chi connectivity index (χ0) is 96.5. The number of phenolic OH excluding ortho intramolecular Hbond substituents is 1. The average Bonchev–Trinajstić information content (AvgIpc) is 0.771. The van der Waals surface area contributed by atoms with Crippen molar-refractivity contribution in [2.45, 2.75) is 74.2 Å². The van der Waals surface area contributed by atoms with Gasteiger partial charge in [0.15, 0.2) is 23.1 Å². The smallest absolute Gasteiger partial charge is 0.744 e. The second-order valence-electron chi connectivity index (χ2n) is 29.5. The Balaban J connectivity index is 0.000000309. The first-order valence-electron chi connectivity index (χ1n) is 40.7. The van der Waals surface area contributed by atoms with Gasteiger partial charge < -0.3 is 34.2 Å². The average molecular weight is 2030 g/mol. The Morgan fingerprint density at radius 1 is 0.401 bits per heavy atom. The van der Waals surface area contributed by atoms with Gasteiger partial charge in [-0.2, -0.15) is 24.0 Å². The minimum atomic E-state index is -5.20. The number of ether oxygens (including phenoxy) is 2. The van der Waals surface area contributed by atoms with Gasteiger partial charge in [0.2, 0.25) is 0 Å². The quantitative estimate of drug-likeness (QED) is 0.00997. The fraction of sp³-hybridized carbons (Fsp3) is 0.0784. The molecule has 0 radical (unpaired) electrons. The van der Waals surface area contributed by atoms with Crippen molar-refractivity contribution in [2.75, 3.05) is 0 Å².